The molecular weight excluding hydrogens is 257 g/mol. The van der Waals surface area contributed by atoms with Gasteiger partial charge in [-0.3, -0.25) is 0 Å². The predicted molar refractivity (Wildman–Crippen MR) is 47.0 cm³/mol. The van der Waals surface area contributed by atoms with Crippen molar-refractivity contribution in [2.45, 2.75) is 0 Å². The molecule has 0 amide bonds. The van der Waals surface area contributed by atoms with Gasteiger partial charge < -0.3 is 0 Å². The van der Waals surface area contributed by atoms with Gasteiger partial charge in [-0.2, -0.15) is 0 Å². The Balaban J connectivity index is 3.14. The third-order valence-corrected chi connectivity index (χ3v) is 1.88. The Labute approximate surface area is 75.7 Å². The number of halogens is 1. The zero-order valence-corrected chi connectivity index (χ0v) is 8.34. The van der Waals surface area contributed by atoms with Gasteiger partial charge in [0.05, 0.1) is 0 Å². The van der Waals surface area contributed by atoms with Crippen LogP contribution >= 0.6 is 15.9 Å². The molecule has 10 heavy (non-hydrogen) atoms. The summed E-state index contributed by atoms with van der Waals surface area (Å²) in [5, 5.41) is 0. The quantitative estimate of drug-likeness (QED) is 0.542. The molecule has 0 aromatic heterocycles. The molecule has 0 N–H and O–H groups in total. The van der Waals surface area contributed by atoms with Gasteiger partial charge in [0.2, 0.25) is 0 Å². The fourth-order valence-electron chi connectivity index (χ4n) is 0.592. The number of aliphatic imine (C=N–C) groups is 1. The van der Waals surface area contributed by atoms with E-state index in [4.69, 9.17) is 0 Å². The SMILES string of the molecule is [Se]=C=Nc1ccccc1Br. The van der Waals surface area contributed by atoms with Crippen LogP contribution in [0.2, 0.25) is 0 Å². The summed E-state index contributed by atoms with van der Waals surface area (Å²) in [6.07, 6.45) is 0. The summed E-state index contributed by atoms with van der Waals surface area (Å²) >= 11 is 5.93. The molecule has 0 fully saturated rings. The number of benzene rings is 1. The Morgan fingerprint density at radius 2 is 2.10 bits per heavy atom. The summed E-state index contributed by atoms with van der Waals surface area (Å²) in [7, 11) is 0. The molecule has 0 unspecified atom stereocenters. The Bertz CT molecular complexity index is 279. The van der Waals surface area contributed by atoms with E-state index in [1.165, 1.54) is 0 Å². The second-order valence-electron chi connectivity index (χ2n) is 1.65. The van der Waals surface area contributed by atoms with Gasteiger partial charge in [0.15, 0.2) is 0 Å². The van der Waals surface area contributed by atoms with E-state index in [1.807, 2.05) is 24.3 Å². The van der Waals surface area contributed by atoms with Crippen LogP contribution in [0.5, 0.6) is 0 Å². The third-order valence-electron chi connectivity index (χ3n) is 1.02. The van der Waals surface area contributed by atoms with Gasteiger partial charge in [0, 0.05) is 0 Å². The molecule has 0 aliphatic carbocycles. The monoisotopic (exact) mass is 261 g/mol. The number of rotatable bonds is 1. The summed E-state index contributed by atoms with van der Waals surface area (Å²) in [4.78, 5) is 3.95. The number of para-hydroxylation sites is 1. The summed E-state index contributed by atoms with van der Waals surface area (Å²) in [5.41, 5.74) is 0.890. The first-order chi connectivity index (χ1) is 4.84. The standard InChI is InChI=1S/C7H4BrNSe/c8-6-3-1-2-4-7(6)9-5-10/h1-4H. The molecule has 50 valence electrons. The van der Waals surface area contributed by atoms with E-state index >= 15 is 0 Å². The van der Waals surface area contributed by atoms with Crippen LogP contribution in [0.25, 0.3) is 0 Å². The summed E-state index contributed by atoms with van der Waals surface area (Å²) in [6, 6.07) is 7.73. The van der Waals surface area contributed by atoms with Crippen molar-refractivity contribution < 1.29 is 0 Å². The zero-order valence-electron chi connectivity index (χ0n) is 5.04. The fraction of sp³-hybridized carbons (Fsp3) is 0. The van der Waals surface area contributed by atoms with Crippen molar-refractivity contribution in [2.24, 2.45) is 4.99 Å². The Morgan fingerprint density at radius 3 is 2.70 bits per heavy atom. The fourth-order valence-corrected chi connectivity index (χ4v) is 1.17. The normalized spacial score (nSPS) is 8.50. The molecule has 1 rings (SSSR count). The van der Waals surface area contributed by atoms with Gasteiger partial charge in [-0.15, -0.1) is 0 Å². The van der Waals surface area contributed by atoms with Gasteiger partial charge in [0.1, 0.15) is 0 Å². The first-order valence-electron chi connectivity index (χ1n) is 2.67. The Morgan fingerprint density at radius 1 is 1.40 bits per heavy atom. The summed E-state index contributed by atoms with van der Waals surface area (Å²) < 4.78 is 3.58. The second kappa shape index (κ2) is 3.84. The molecule has 0 spiro atoms. The molecule has 1 aromatic rings. The average molecular weight is 261 g/mol. The third kappa shape index (κ3) is 1.89. The predicted octanol–water partition coefficient (Wildman–Crippen LogP) is 2.15. The molecule has 1 aromatic carbocycles. The van der Waals surface area contributed by atoms with E-state index in [9.17, 15) is 0 Å². The van der Waals surface area contributed by atoms with Gasteiger partial charge >= 0.3 is 75.6 Å². The van der Waals surface area contributed by atoms with E-state index in [2.05, 4.69) is 41.2 Å². The molecule has 0 aliphatic heterocycles. The topological polar surface area (TPSA) is 12.4 Å². The Kier molecular flexibility index (Phi) is 3.04. The van der Waals surface area contributed by atoms with Crippen molar-refractivity contribution in [3.63, 3.8) is 0 Å². The van der Waals surface area contributed by atoms with E-state index in [0.717, 1.165) is 10.2 Å². The number of hydrogen-bond acceptors (Lipinski definition) is 1. The van der Waals surface area contributed by atoms with Crippen LogP contribution in [0.1, 0.15) is 0 Å². The van der Waals surface area contributed by atoms with Gasteiger partial charge in [0.25, 0.3) is 0 Å². The summed E-state index contributed by atoms with van der Waals surface area (Å²) in [5.74, 6) is 0. The maximum absolute atomic E-state index is 3.95. The van der Waals surface area contributed by atoms with Crippen LogP contribution in [-0.2, 0) is 0 Å². The molecule has 0 bridgehead atoms. The molecule has 0 radical (unpaired) electrons. The van der Waals surface area contributed by atoms with Crippen molar-refractivity contribution in [1.82, 2.24) is 0 Å². The zero-order chi connectivity index (χ0) is 7.40. The van der Waals surface area contributed by atoms with Crippen LogP contribution in [0, 0.1) is 0 Å². The minimum absolute atomic E-state index is 0.890. The Hall–Kier alpha value is -0.201. The van der Waals surface area contributed by atoms with Crippen LogP contribution in [0.15, 0.2) is 33.7 Å². The molecule has 3 heteroatoms. The van der Waals surface area contributed by atoms with E-state index in [-0.39, 0.29) is 0 Å². The molecular formula is C7H4BrNSe. The molecule has 0 saturated heterocycles. The van der Waals surface area contributed by atoms with Crippen molar-refractivity contribution >= 4 is 41.9 Å². The van der Waals surface area contributed by atoms with Crippen LogP contribution < -0.4 is 0 Å². The molecule has 0 aliphatic rings. The van der Waals surface area contributed by atoms with Crippen molar-refractivity contribution in [1.29, 1.82) is 0 Å². The van der Waals surface area contributed by atoms with Crippen LogP contribution in [0.3, 0.4) is 0 Å². The minimum atomic E-state index is 0.890. The van der Waals surface area contributed by atoms with Gasteiger partial charge in [-0.05, 0) is 0 Å². The van der Waals surface area contributed by atoms with Crippen LogP contribution in [0.4, 0.5) is 5.69 Å². The van der Waals surface area contributed by atoms with E-state index in [1.54, 1.807) is 0 Å². The molecule has 0 saturated carbocycles. The van der Waals surface area contributed by atoms with Crippen molar-refractivity contribution in [2.75, 3.05) is 0 Å². The van der Waals surface area contributed by atoms with E-state index < -0.39 is 0 Å². The van der Waals surface area contributed by atoms with Crippen LogP contribution in [-0.4, -0.2) is 20.3 Å². The van der Waals surface area contributed by atoms with E-state index in [0.29, 0.717) is 0 Å². The first kappa shape index (κ1) is 7.90. The first-order valence-corrected chi connectivity index (χ1v) is 4.32. The van der Waals surface area contributed by atoms with Gasteiger partial charge in [-0.1, -0.05) is 0 Å². The number of hydrogen-bond donors (Lipinski definition) is 0. The van der Waals surface area contributed by atoms with Gasteiger partial charge in [-0.25, -0.2) is 0 Å². The van der Waals surface area contributed by atoms with Crippen molar-refractivity contribution in [3.05, 3.63) is 28.7 Å². The molecule has 0 atom stereocenters. The summed E-state index contributed by atoms with van der Waals surface area (Å²) in [6.45, 7) is 0. The average Bonchev–Trinajstić information content (AvgIpc) is 1.94. The number of nitrogens with zero attached hydrogens (tertiary/aromatic N) is 1. The maximum atomic E-state index is 3.95. The van der Waals surface area contributed by atoms with Crippen molar-refractivity contribution in [3.8, 4) is 0 Å². The second-order valence-corrected chi connectivity index (χ2v) is 2.89. The molecule has 1 nitrogen and oxygen atoms in total. The molecule has 0 heterocycles.